The van der Waals surface area contributed by atoms with Crippen LogP contribution in [0.2, 0.25) is 0 Å². The molecule has 3 heterocycles. The van der Waals surface area contributed by atoms with Gasteiger partial charge in [0.15, 0.2) is 0 Å². The largest absolute Gasteiger partial charge is 0.481 e. The van der Waals surface area contributed by atoms with Gasteiger partial charge in [0, 0.05) is 50.9 Å². The van der Waals surface area contributed by atoms with Crippen LogP contribution in [0.15, 0.2) is 27.1 Å². The standard InChI is InChI=1S/C27H33Br2N3O2/c1-15(2)20-13-21(28)26(22(29)14-20)32-18(5)17(4)25-23(12-16(3)30-27(25)32)31-10-8-19(9-11-31)6-7-24(33)34/h12-15,19H,6-11H2,1-5H3,(H,33,34). The fourth-order valence-corrected chi connectivity index (χ4v) is 6.69. The Morgan fingerprint density at radius 2 is 1.74 bits per heavy atom. The number of hydrogen-bond acceptors (Lipinski definition) is 3. The summed E-state index contributed by atoms with van der Waals surface area (Å²) in [6.07, 6.45) is 3.10. The van der Waals surface area contributed by atoms with Crippen LogP contribution in [0.1, 0.15) is 68.0 Å². The van der Waals surface area contributed by atoms with Crippen LogP contribution in [-0.4, -0.2) is 33.7 Å². The maximum absolute atomic E-state index is 11.0. The highest BCUT2D eigenvalue weighted by atomic mass is 79.9. The molecular formula is C27H33Br2N3O2. The first-order valence-corrected chi connectivity index (χ1v) is 13.6. The third-order valence-corrected chi connectivity index (χ3v) is 8.43. The summed E-state index contributed by atoms with van der Waals surface area (Å²) >= 11 is 7.69. The smallest absolute Gasteiger partial charge is 0.303 e. The van der Waals surface area contributed by atoms with Crippen LogP contribution in [0.25, 0.3) is 16.7 Å². The van der Waals surface area contributed by atoms with E-state index in [1.165, 1.54) is 27.9 Å². The van der Waals surface area contributed by atoms with Gasteiger partial charge in [0.2, 0.25) is 0 Å². The summed E-state index contributed by atoms with van der Waals surface area (Å²) in [5, 5.41) is 10.2. The van der Waals surface area contributed by atoms with Gasteiger partial charge in [-0.2, -0.15) is 0 Å². The van der Waals surface area contributed by atoms with Crippen molar-refractivity contribution in [3.8, 4) is 5.69 Å². The number of carboxylic acids is 1. The summed E-state index contributed by atoms with van der Waals surface area (Å²) in [4.78, 5) is 18.5. The molecular weight excluding hydrogens is 558 g/mol. The monoisotopic (exact) mass is 589 g/mol. The summed E-state index contributed by atoms with van der Waals surface area (Å²) < 4.78 is 4.38. The molecule has 4 rings (SSSR count). The van der Waals surface area contributed by atoms with Crippen LogP contribution in [-0.2, 0) is 4.79 Å². The maximum Gasteiger partial charge on any atom is 0.303 e. The van der Waals surface area contributed by atoms with Crippen molar-refractivity contribution < 1.29 is 9.90 Å². The Bertz CT molecular complexity index is 1220. The zero-order valence-corrected chi connectivity index (χ0v) is 23.8. The van der Waals surface area contributed by atoms with Crippen molar-refractivity contribution in [3.63, 3.8) is 0 Å². The predicted molar refractivity (Wildman–Crippen MR) is 147 cm³/mol. The highest BCUT2D eigenvalue weighted by Crippen LogP contribution is 2.41. The molecule has 0 unspecified atom stereocenters. The summed E-state index contributed by atoms with van der Waals surface area (Å²) in [5.74, 6) is 0.237. The van der Waals surface area contributed by atoms with Crippen molar-refractivity contribution in [2.45, 2.75) is 66.2 Å². The zero-order valence-electron chi connectivity index (χ0n) is 20.6. The van der Waals surface area contributed by atoms with E-state index in [4.69, 9.17) is 10.1 Å². The molecule has 7 heteroatoms. The summed E-state index contributed by atoms with van der Waals surface area (Å²) in [5.41, 5.74) is 8.02. The first-order chi connectivity index (χ1) is 16.1. The molecule has 1 aliphatic heterocycles. The van der Waals surface area contributed by atoms with Crippen LogP contribution in [0.4, 0.5) is 5.69 Å². The minimum atomic E-state index is -0.694. The number of aryl methyl sites for hydroxylation is 2. The molecule has 1 aliphatic rings. The second-order valence-electron chi connectivity index (χ2n) is 9.88. The zero-order chi connectivity index (χ0) is 24.7. The van der Waals surface area contributed by atoms with Gasteiger partial charge in [-0.15, -0.1) is 0 Å². The van der Waals surface area contributed by atoms with E-state index in [9.17, 15) is 4.79 Å². The van der Waals surface area contributed by atoms with E-state index >= 15 is 0 Å². The number of piperidine rings is 1. The van der Waals surface area contributed by atoms with Crippen LogP contribution in [0.5, 0.6) is 0 Å². The molecule has 1 saturated heterocycles. The number of anilines is 1. The molecule has 2 aromatic heterocycles. The molecule has 3 aromatic rings. The summed E-state index contributed by atoms with van der Waals surface area (Å²) in [6, 6.07) is 6.64. The van der Waals surface area contributed by atoms with Gasteiger partial charge >= 0.3 is 5.97 Å². The molecule has 1 N–H and O–H groups in total. The first-order valence-electron chi connectivity index (χ1n) is 12.0. The van der Waals surface area contributed by atoms with Crippen molar-refractivity contribution in [2.24, 2.45) is 5.92 Å². The SMILES string of the molecule is Cc1cc(N2CCC(CCC(=O)O)CC2)c2c(C)c(C)n(-c3c(Br)cc(C(C)C)cc3Br)c2n1. The van der Waals surface area contributed by atoms with Crippen molar-refractivity contribution in [3.05, 3.63) is 49.7 Å². The molecule has 0 aliphatic carbocycles. The molecule has 0 atom stereocenters. The van der Waals surface area contributed by atoms with Gasteiger partial charge < -0.3 is 10.0 Å². The Balaban J connectivity index is 1.78. The number of rotatable bonds is 6. The van der Waals surface area contributed by atoms with Gasteiger partial charge in [-0.1, -0.05) is 13.8 Å². The van der Waals surface area contributed by atoms with Crippen LogP contribution in [0, 0.1) is 26.7 Å². The molecule has 182 valence electrons. The van der Waals surface area contributed by atoms with Gasteiger partial charge in [-0.05, 0) is 113 Å². The van der Waals surface area contributed by atoms with E-state index in [0.717, 1.165) is 58.3 Å². The number of aromatic nitrogens is 2. The topological polar surface area (TPSA) is 58.4 Å². The molecule has 0 spiro atoms. The average Bonchev–Trinajstić information content (AvgIpc) is 3.02. The maximum atomic E-state index is 11.0. The molecule has 34 heavy (non-hydrogen) atoms. The minimum absolute atomic E-state index is 0.268. The molecule has 1 aromatic carbocycles. The van der Waals surface area contributed by atoms with Gasteiger partial charge in [0.05, 0.1) is 5.69 Å². The van der Waals surface area contributed by atoms with E-state index in [1.54, 1.807) is 0 Å². The minimum Gasteiger partial charge on any atom is -0.481 e. The number of pyridine rings is 1. The molecule has 0 amide bonds. The fraction of sp³-hybridized carbons (Fsp3) is 0.481. The first kappa shape index (κ1) is 25.2. The van der Waals surface area contributed by atoms with Gasteiger partial charge in [0.25, 0.3) is 0 Å². The van der Waals surface area contributed by atoms with Crippen LogP contribution >= 0.6 is 31.9 Å². The van der Waals surface area contributed by atoms with E-state index in [2.05, 4.69) is 94.1 Å². The third-order valence-electron chi connectivity index (χ3n) is 7.22. The summed E-state index contributed by atoms with van der Waals surface area (Å²) in [7, 11) is 0. The lowest BCUT2D eigenvalue weighted by atomic mass is 9.91. The normalized spacial score (nSPS) is 15.0. The quantitative estimate of drug-likeness (QED) is 0.320. The fourth-order valence-electron chi connectivity index (χ4n) is 5.11. The second-order valence-corrected chi connectivity index (χ2v) is 11.6. The highest BCUT2D eigenvalue weighted by molar-refractivity contribution is 9.11. The Kier molecular flexibility index (Phi) is 7.44. The molecule has 0 radical (unpaired) electrons. The average molecular weight is 591 g/mol. The van der Waals surface area contributed by atoms with Crippen molar-refractivity contribution in [1.82, 2.24) is 9.55 Å². The lowest BCUT2D eigenvalue weighted by Gasteiger charge is -2.34. The number of benzene rings is 1. The van der Waals surface area contributed by atoms with Crippen LogP contribution in [0.3, 0.4) is 0 Å². The third kappa shape index (κ3) is 4.78. The Morgan fingerprint density at radius 3 is 2.29 bits per heavy atom. The number of halogens is 2. The number of carboxylic acid groups (broad SMARTS) is 1. The van der Waals surface area contributed by atoms with Crippen molar-refractivity contribution >= 4 is 54.5 Å². The van der Waals surface area contributed by atoms with E-state index in [0.29, 0.717) is 11.8 Å². The van der Waals surface area contributed by atoms with Crippen molar-refractivity contribution in [1.29, 1.82) is 0 Å². The second kappa shape index (κ2) is 10.0. The molecule has 0 saturated carbocycles. The van der Waals surface area contributed by atoms with Crippen molar-refractivity contribution in [2.75, 3.05) is 18.0 Å². The number of carbonyl (C=O) groups is 1. The lowest BCUT2D eigenvalue weighted by molar-refractivity contribution is -0.137. The van der Waals surface area contributed by atoms with Gasteiger partial charge in [-0.3, -0.25) is 9.36 Å². The predicted octanol–water partition coefficient (Wildman–Crippen LogP) is 7.68. The van der Waals surface area contributed by atoms with Gasteiger partial charge in [0.1, 0.15) is 5.65 Å². The van der Waals surface area contributed by atoms with Gasteiger partial charge in [-0.25, -0.2) is 4.98 Å². The Labute approximate surface area is 218 Å². The highest BCUT2D eigenvalue weighted by Gasteiger charge is 2.26. The Morgan fingerprint density at radius 1 is 1.12 bits per heavy atom. The lowest BCUT2D eigenvalue weighted by Crippen LogP contribution is -2.34. The van der Waals surface area contributed by atoms with E-state index in [1.807, 2.05) is 0 Å². The molecule has 5 nitrogen and oxygen atoms in total. The number of fused-ring (bicyclic) bond motifs is 1. The van der Waals surface area contributed by atoms with E-state index < -0.39 is 5.97 Å². The molecule has 0 bridgehead atoms. The molecule has 1 fully saturated rings. The van der Waals surface area contributed by atoms with E-state index in [-0.39, 0.29) is 6.42 Å². The van der Waals surface area contributed by atoms with Crippen LogP contribution < -0.4 is 4.90 Å². The number of aliphatic carboxylic acids is 1. The summed E-state index contributed by atoms with van der Waals surface area (Å²) in [6.45, 7) is 12.7. The Hall–Kier alpha value is -1.86. The number of hydrogen-bond donors (Lipinski definition) is 1. The number of nitrogens with zero attached hydrogens (tertiary/aromatic N) is 3.